The molecule has 116 valence electrons. The maximum absolute atomic E-state index is 13.6. The number of carbonyl (C=O) groups is 1. The summed E-state index contributed by atoms with van der Waals surface area (Å²) in [6, 6.07) is 4.31. The molecule has 1 atom stereocenters. The molecular weight excluding hydrogens is 293 g/mol. The zero-order chi connectivity index (χ0) is 15.4. The molecule has 1 saturated heterocycles. The van der Waals surface area contributed by atoms with E-state index < -0.39 is 5.82 Å². The van der Waals surface area contributed by atoms with E-state index in [9.17, 15) is 9.18 Å². The molecule has 1 fully saturated rings. The average Bonchev–Trinajstić information content (AvgIpc) is 2.89. The topological polar surface area (TPSA) is 44.4 Å². The molecule has 0 saturated carbocycles. The lowest BCUT2D eigenvalue weighted by atomic mass is 10.1. The van der Waals surface area contributed by atoms with E-state index in [0.717, 1.165) is 19.5 Å². The first-order valence-electron chi connectivity index (χ1n) is 7.19. The molecule has 1 aromatic carbocycles. The predicted octanol–water partition coefficient (Wildman–Crippen LogP) is 3.33. The summed E-state index contributed by atoms with van der Waals surface area (Å²) in [5.74, 6) is -0.0854. The number of amides is 2. The van der Waals surface area contributed by atoms with Gasteiger partial charge in [0.2, 0.25) is 0 Å². The highest BCUT2D eigenvalue weighted by molar-refractivity contribution is 6.30. The van der Waals surface area contributed by atoms with Crippen molar-refractivity contribution in [2.75, 3.05) is 25.0 Å². The van der Waals surface area contributed by atoms with E-state index in [4.69, 9.17) is 11.6 Å². The van der Waals surface area contributed by atoms with Crippen molar-refractivity contribution in [3.63, 3.8) is 0 Å². The normalized spacial score (nSPS) is 19.0. The molecule has 1 aliphatic rings. The molecule has 21 heavy (non-hydrogen) atoms. The number of hydrogen-bond donors (Lipinski definition) is 2. The molecule has 2 N–H and O–H groups in total. The summed E-state index contributed by atoms with van der Waals surface area (Å²) in [5.41, 5.74) is 0.132. The Labute approximate surface area is 129 Å². The average molecular weight is 314 g/mol. The van der Waals surface area contributed by atoms with Crippen LogP contribution in [-0.4, -0.2) is 36.6 Å². The van der Waals surface area contributed by atoms with Gasteiger partial charge in [-0.05, 0) is 50.9 Å². The summed E-state index contributed by atoms with van der Waals surface area (Å²) in [5, 5.41) is 5.60. The Morgan fingerprint density at radius 3 is 2.90 bits per heavy atom. The number of urea groups is 1. The van der Waals surface area contributed by atoms with Crippen LogP contribution in [0.25, 0.3) is 0 Å². The molecule has 1 heterocycles. The van der Waals surface area contributed by atoms with Gasteiger partial charge >= 0.3 is 6.03 Å². The second kappa shape index (κ2) is 7.09. The van der Waals surface area contributed by atoms with E-state index in [1.54, 1.807) is 0 Å². The van der Waals surface area contributed by atoms with Gasteiger partial charge in [0.05, 0.1) is 5.69 Å². The number of nitrogens with one attached hydrogen (secondary N) is 2. The third-order valence-electron chi connectivity index (χ3n) is 3.78. The first kappa shape index (κ1) is 16.0. The van der Waals surface area contributed by atoms with Gasteiger partial charge in [0.1, 0.15) is 5.82 Å². The van der Waals surface area contributed by atoms with E-state index in [1.807, 2.05) is 0 Å². The van der Waals surface area contributed by atoms with Gasteiger partial charge in [-0.15, -0.1) is 0 Å². The van der Waals surface area contributed by atoms with Crippen LogP contribution in [0.1, 0.15) is 20.3 Å². The minimum atomic E-state index is -0.538. The molecule has 0 spiro atoms. The van der Waals surface area contributed by atoms with Crippen LogP contribution >= 0.6 is 11.6 Å². The number of carbonyl (C=O) groups excluding carboxylic acids is 1. The molecule has 0 aromatic heterocycles. The van der Waals surface area contributed by atoms with Crippen molar-refractivity contribution in [1.29, 1.82) is 0 Å². The van der Waals surface area contributed by atoms with Gasteiger partial charge in [-0.1, -0.05) is 11.6 Å². The third kappa shape index (κ3) is 4.58. The molecule has 0 radical (unpaired) electrons. The summed E-state index contributed by atoms with van der Waals surface area (Å²) in [6.45, 7) is 7.01. The first-order chi connectivity index (χ1) is 9.95. The fraction of sp³-hybridized carbons (Fsp3) is 0.533. The molecule has 4 nitrogen and oxygen atoms in total. The van der Waals surface area contributed by atoms with Gasteiger partial charge in [-0.3, -0.25) is 0 Å². The van der Waals surface area contributed by atoms with Gasteiger partial charge in [-0.2, -0.15) is 0 Å². The zero-order valence-electron chi connectivity index (χ0n) is 12.3. The van der Waals surface area contributed by atoms with E-state index in [1.165, 1.54) is 18.2 Å². The first-order valence-corrected chi connectivity index (χ1v) is 7.57. The Kier molecular flexibility index (Phi) is 5.42. The van der Waals surface area contributed by atoms with Crippen LogP contribution in [0.4, 0.5) is 14.9 Å². The van der Waals surface area contributed by atoms with E-state index in [0.29, 0.717) is 23.5 Å². The molecule has 0 unspecified atom stereocenters. The number of rotatable bonds is 4. The standard InChI is InChI=1S/C15H21ClFN3O/c1-10(2)20-6-5-11(9-20)8-18-15(21)19-14-4-3-12(16)7-13(14)17/h3-4,7,10-11H,5-6,8-9H2,1-2H3,(H2,18,19,21)/t11-/m1/s1. The van der Waals surface area contributed by atoms with Gasteiger partial charge < -0.3 is 15.5 Å². The largest absolute Gasteiger partial charge is 0.338 e. The molecule has 0 aliphatic carbocycles. The summed E-state index contributed by atoms with van der Waals surface area (Å²) in [4.78, 5) is 14.2. The molecule has 2 amide bonds. The van der Waals surface area contributed by atoms with Crippen LogP contribution in [0.5, 0.6) is 0 Å². The number of anilines is 1. The molecule has 0 bridgehead atoms. The van der Waals surface area contributed by atoms with Crippen LogP contribution in [0.2, 0.25) is 5.02 Å². The minimum Gasteiger partial charge on any atom is -0.338 e. The number of likely N-dealkylation sites (tertiary alicyclic amines) is 1. The minimum absolute atomic E-state index is 0.132. The van der Waals surface area contributed by atoms with Gasteiger partial charge in [0, 0.05) is 24.2 Å². The highest BCUT2D eigenvalue weighted by Gasteiger charge is 2.24. The van der Waals surface area contributed by atoms with Crippen molar-refractivity contribution in [1.82, 2.24) is 10.2 Å². The Balaban J connectivity index is 1.78. The van der Waals surface area contributed by atoms with Crippen LogP contribution < -0.4 is 10.6 Å². The highest BCUT2D eigenvalue weighted by atomic mass is 35.5. The number of benzene rings is 1. The highest BCUT2D eigenvalue weighted by Crippen LogP contribution is 2.19. The van der Waals surface area contributed by atoms with Crippen LogP contribution in [0.15, 0.2) is 18.2 Å². The van der Waals surface area contributed by atoms with Crippen molar-refractivity contribution >= 4 is 23.3 Å². The zero-order valence-corrected chi connectivity index (χ0v) is 13.1. The van der Waals surface area contributed by atoms with Crippen molar-refractivity contribution in [2.24, 2.45) is 5.92 Å². The van der Waals surface area contributed by atoms with Crippen LogP contribution in [0, 0.1) is 11.7 Å². The van der Waals surface area contributed by atoms with Crippen molar-refractivity contribution in [3.8, 4) is 0 Å². The van der Waals surface area contributed by atoms with Crippen molar-refractivity contribution in [2.45, 2.75) is 26.3 Å². The lowest BCUT2D eigenvalue weighted by molar-refractivity contribution is 0.247. The summed E-state index contributed by atoms with van der Waals surface area (Å²) in [6.07, 6.45) is 1.08. The second-order valence-corrected chi connectivity index (χ2v) is 6.14. The fourth-order valence-corrected chi connectivity index (χ4v) is 2.65. The predicted molar refractivity (Wildman–Crippen MR) is 83.2 cm³/mol. The van der Waals surface area contributed by atoms with Crippen molar-refractivity contribution in [3.05, 3.63) is 29.0 Å². The molecule has 2 rings (SSSR count). The monoisotopic (exact) mass is 313 g/mol. The molecule has 1 aliphatic heterocycles. The Hall–Kier alpha value is -1.33. The number of halogens is 2. The summed E-state index contributed by atoms with van der Waals surface area (Å²) >= 11 is 5.67. The molecule has 6 heteroatoms. The van der Waals surface area contributed by atoms with Crippen LogP contribution in [0.3, 0.4) is 0 Å². The van der Waals surface area contributed by atoms with E-state index >= 15 is 0 Å². The lowest BCUT2D eigenvalue weighted by Gasteiger charge is -2.20. The molecule has 1 aromatic rings. The number of nitrogens with zero attached hydrogens (tertiary/aromatic N) is 1. The second-order valence-electron chi connectivity index (χ2n) is 5.70. The SMILES string of the molecule is CC(C)N1CC[C@H](CNC(=O)Nc2ccc(Cl)cc2F)C1. The van der Waals surface area contributed by atoms with Gasteiger partial charge in [0.15, 0.2) is 0 Å². The maximum Gasteiger partial charge on any atom is 0.319 e. The maximum atomic E-state index is 13.6. The summed E-state index contributed by atoms with van der Waals surface area (Å²) in [7, 11) is 0. The van der Waals surface area contributed by atoms with Crippen LogP contribution in [-0.2, 0) is 0 Å². The lowest BCUT2D eigenvalue weighted by Crippen LogP contribution is -2.35. The molecular formula is C15H21ClFN3O. The third-order valence-corrected chi connectivity index (χ3v) is 4.01. The quantitative estimate of drug-likeness (QED) is 0.895. The fourth-order valence-electron chi connectivity index (χ4n) is 2.49. The van der Waals surface area contributed by atoms with Gasteiger partial charge in [-0.25, -0.2) is 9.18 Å². The smallest absolute Gasteiger partial charge is 0.319 e. The van der Waals surface area contributed by atoms with Crippen molar-refractivity contribution < 1.29 is 9.18 Å². The number of hydrogen-bond acceptors (Lipinski definition) is 2. The Morgan fingerprint density at radius 2 is 2.29 bits per heavy atom. The van der Waals surface area contributed by atoms with E-state index in [-0.39, 0.29) is 11.7 Å². The Bertz CT molecular complexity index is 510. The van der Waals surface area contributed by atoms with Gasteiger partial charge in [0.25, 0.3) is 0 Å². The Morgan fingerprint density at radius 1 is 1.52 bits per heavy atom. The summed E-state index contributed by atoms with van der Waals surface area (Å²) < 4.78 is 13.6. The van der Waals surface area contributed by atoms with E-state index in [2.05, 4.69) is 29.4 Å².